The highest BCUT2D eigenvalue weighted by Gasteiger charge is 2.32. The fourth-order valence-corrected chi connectivity index (χ4v) is 2.16. The number of aromatic amines is 1. The van der Waals surface area contributed by atoms with Gasteiger partial charge in [-0.15, -0.1) is 5.10 Å². The number of H-pyrrole nitrogens is 1. The van der Waals surface area contributed by atoms with E-state index in [1.54, 1.807) is 0 Å². The molecule has 7 heteroatoms. The number of nitrogens with zero attached hydrogens (tertiary/aromatic N) is 2. The van der Waals surface area contributed by atoms with Gasteiger partial charge < -0.3 is 9.47 Å². The van der Waals surface area contributed by atoms with Crippen LogP contribution in [0.4, 0.5) is 0 Å². The molecule has 16 heavy (non-hydrogen) atoms. The van der Waals surface area contributed by atoms with Crippen molar-refractivity contribution in [1.29, 1.82) is 0 Å². The van der Waals surface area contributed by atoms with Crippen LogP contribution in [0.25, 0.3) is 0 Å². The zero-order chi connectivity index (χ0) is 11.6. The second kappa shape index (κ2) is 4.52. The Morgan fingerprint density at radius 1 is 1.69 bits per heavy atom. The summed E-state index contributed by atoms with van der Waals surface area (Å²) in [4.78, 5) is 13.6. The standard InChI is InChI=1S/C9H13N3O3S/c1-9(2)14-4-6(15-9)5-16-8-11-7(13)3-10-12-8/h3,6H,4-5H2,1-2H3,(H,11,12,13). The van der Waals surface area contributed by atoms with Crippen molar-refractivity contribution in [2.75, 3.05) is 12.4 Å². The van der Waals surface area contributed by atoms with Gasteiger partial charge in [-0.2, -0.15) is 5.10 Å². The summed E-state index contributed by atoms with van der Waals surface area (Å²) in [5, 5.41) is 7.87. The van der Waals surface area contributed by atoms with Gasteiger partial charge >= 0.3 is 0 Å². The maximum atomic E-state index is 11.0. The van der Waals surface area contributed by atoms with Crippen molar-refractivity contribution in [3.8, 4) is 0 Å². The molecule has 0 aliphatic carbocycles. The van der Waals surface area contributed by atoms with Crippen LogP contribution in [-0.4, -0.2) is 39.4 Å². The largest absolute Gasteiger partial charge is 0.348 e. The van der Waals surface area contributed by atoms with Crippen LogP contribution in [0.2, 0.25) is 0 Å². The first kappa shape index (κ1) is 11.6. The number of hydrogen-bond acceptors (Lipinski definition) is 6. The molecule has 1 aromatic heterocycles. The van der Waals surface area contributed by atoms with Crippen LogP contribution in [-0.2, 0) is 9.47 Å². The molecule has 1 unspecified atom stereocenters. The molecule has 6 nitrogen and oxygen atoms in total. The van der Waals surface area contributed by atoms with Gasteiger partial charge in [0.2, 0.25) is 0 Å². The Balaban J connectivity index is 1.87. The van der Waals surface area contributed by atoms with E-state index in [9.17, 15) is 4.79 Å². The molecule has 0 bridgehead atoms. The summed E-state index contributed by atoms with van der Waals surface area (Å²) < 4.78 is 11.0. The second-order valence-electron chi connectivity index (χ2n) is 3.90. The summed E-state index contributed by atoms with van der Waals surface area (Å²) >= 11 is 1.40. The van der Waals surface area contributed by atoms with E-state index in [0.29, 0.717) is 17.5 Å². The molecule has 1 atom stereocenters. The number of aromatic nitrogens is 3. The molecule has 0 radical (unpaired) electrons. The first-order valence-corrected chi connectivity index (χ1v) is 5.90. The molecule has 2 heterocycles. The predicted octanol–water partition coefficient (Wildman–Crippen LogP) is 0.408. The minimum absolute atomic E-state index is 0.0190. The predicted molar refractivity (Wildman–Crippen MR) is 58.3 cm³/mol. The summed E-state index contributed by atoms with van der Waals surface area (Å²) in [6.45, 7) is 4.31. The molecule has 1 N–H and O–H groups in total. The third-order valence-electron chi connectivity index (χ3n) is 2.03. The van der Waals surface area contributed by atoms with Gasteiger partial charge in [0.05, 0.1) is 12.7 Å². The van der Waals surface area contributed by atoms with E-state index in [1.165, 1.54) is 11.8 Å². The lowest BCUT2D eigenvalue weighted by molar-refractivity contribution is -0.135. The Hall–Kier alpha value is -0.920. The SMILES string of the molecule is CC1(C)OCC(CSc2nncc(=O)[nH]2)O1. The first-order valence-electron chi connectivity index (χ1n) is 4.92. The Bertz CT molecular complexity index is 420. The van der Waals surface area contributed by atoms with Gasteiger partial charge in [0.1, 0.15) is 6.20 Å². The minimum Gasteiger partial charge on any atom is -0.348 e. The molecule has 1 fully saturated rings. The van der Waals surface area contributed by atoms with Crippen LogP contribution in [0, 0.1) is 0 Å². The number of hydrogen-bond donors (Lipinski definition) is 1. The molecular weight excluding hydrogens is 230 g/mol. The Morgan fingerprint density at radius 2 is 2.50 bits per heavy atom. The molecule has 88 valence electrons. The topological polar surface area (TPSA) is 77.1 Å². The van der Waals surface area contributed by atoms with Crippen molar-refractivity contribution in [2.45, 2.75) is 30.9 Å². The highest BCUT2D eigenvalue weighted by Crippen LogP contribution is 2.25. The maximum Gasteiger partial charge on any atom is 0.270 e. The van der Waals surface area contributed by atoms with Gasteiger partial charge in [-0.3, -0.25) is 9.78 Å². The smallest absolute Gasteiger partial charge is 0.270 e. The van der Waals surface area contributed by atoms with Crippen LogP contribution in [0.1, 0.15) is 13.8 Å². The molecular formula is C9H13N3O3S. The van der Waals surface area contributed by atoms with Crippen LogP contribution in [0.3, 0.4) is 0 Å². The van der Waals surface area contributed by atoms with Gasteiger partial charge in [-0.05, 0) is 13.8 Å². The summed E-state index contributed by atoms with van der Waals surface area (Å²) in [5.74, 6) is 0.166. The molecule has 1 aliphatic heterocycles. The van der Waals surface area contributed by atoms with Crippen molar-refractivity contribution >= 4 is 11.8 Å². The molecule has 0 saturated carbocycles. The van der Waals surface area contributed by atoms with E-state index in [1.807, 2.05) is 13.8 Å². The number of thioether (sulfide) groups is 1. The van der Waals surface area contributed by atoms with E-state index >= 15 is 0 Å². The maximum absolute atomic E-state index is 11.0. The average molecular weight is 243 g/mol. The number of ether oxygens (including phenoxy) is 2. The average Bonchev–Trinajstić information content (AvgIpc) is 2.56. The van der Waals surface area contributed by atoms with Crippen molar-refractivity contribution in [3.05, 3.63) is 16.6 Å². The summed E-state index contributed by atoms with van der Waals surface area (Å²) in [5.41, 5.74) is -0.249. The van der Waals surface area contributed by atoms with Gasteiger partial charge in [0.25, 0.3) is 5.56 Å². The number of rotatable bonds is 3. The van der Waals surface area contributed by atoms with Crippen LogP contribution in [0.15, 0.2) is 16.1 Å². The van der Waals surface area contributed by atoms with Crippen LogP contribution >= 0.6 is 11.8 Å². The van der Waals surface area contributed by atoms with Crippen molar-refractivity contribution < 1.29 is 9.47 Å². The van der Waals surface area contributed by atoms with E-state index in [0.717, 1.165) is 6.20 Å². The molecule has 1 aliphatic rings. The Morgan fingerprint density at radius 3 is 3.12 bits per heavy atom. The van der Waals surface area contributed by atoms with E-state index in [2.05, 4.69) is 15.2 Å². The summed E-state index contributed by atoms with van der Waals surface area (Å²) in [7, 11) is 0. The highest BCUT2D eigenvalue weighted by atomic mass is 32.2. The van der Waals surface area contributed by atoms with Gasteiger partial charge in [0.15, 0.2) is 10.9 Å². The molecule has 0 amide bonds. The van der Waals surface area contributed by atoms with Crippen LogP contribution < -0.4 is 5.56 Å². The second-order valence-corrected chi connectivity index (χ2v) is 4.91. The third kappa shape index (κ3) is 3.03. The lowest BCUT2D eigenvalue weighted by Gasteiger charge is -2.16. The lowest BCUT2D eigenvalue weighted by atomic mass is 10.4. The van der Waals surface area contributed by atoms with Crippen molar-refractivity contribution in [2.24, 2.45) is 0 Å². The van der Waals surface area contributed by atoms with Gasteiger partial charge in [-0.25, -0.2) is 0 Å². The normalized spacial score (nSPS) is 23.5. The zero-order valence-electron chi connectivity index (χ0n) is 9.10. The summed E-state index contributed by atoms with van der Waals surface area (Å²) in [6, 6.07) is 0. The fraction of sp³-hybridized carbons (Fsp3) is 0.667. The number of nitrogens with one attached hydrogen (secondary N) is 1. The quantitative estimate of drug-likeness (QED) is 0.775. The van der Waals surface area contributed by atoms with Crippen molar-refractivity contribution in [3.63, 3.8) is 0 Å². The van der Waals surface area contributed by atoms with Gasteiger partial charge in [0, 0.05) is 5.75 Å². The van der Waals surface area contributed by atoms with Crippen molar-refractivity contribution in [1.82, 2.24) is 15.2 Å². The first-order chi connectivity index (χ1) is 7.55. The molecule has 0 aromatic carbocycles. The molecule has 0 spiro atoms. The lowest BCUT2D eigenvalue weighted by Crippen LogP contribution is -2.22. The van der Waals surface area contributed by atoms with E-state index in [-0.39, 0.29) is 11.7 Å². The molecule has 1 saturated heterocycles. The molecule has 2 rings (SSSR count). The van der Waals surface area contributed by atoms with Crippen LogP contribution in [0.5, 0.6) is 0 Å². The zero-order valence-corrected chi connectivity index (χ0v) is 9.91. The third-order valence-corrected chi connectivity index (χ3v) is 3.02. The Kier molecular flexibility index (Phi) is 3.27. The highest BCUT2D eigenvalue weighted by molar-refractivity contribution is 7.99. The molecule has 1 aromatic rings. The van der Waals surface area contributed by atoms with E-state index in [4.69, 9.17) is 9.47 Å². The van der Waals surface area contributed by atoms with Gasteiger partial charge in [-0.1, -0.05) is 11.8 Å². The monoisotopic (exact) mass is 243 g/mol. The minimum atomic E-state index is -0.513. The summed E-state index contributed by atoms with van der Waals surface area (Å²) in [6.07, 6.45) is 1.16. The fourth-order valence-electron chi connectivity index (χ4n) is 1.38. The van der Waals surface area contributed by atoms with E-state index < -0.39 is 5.79 Å². The Labute approximate surface area is 96.8 Å².